The molecule has 228 valence electrons. The standard InChI is InChI=1S/C29H37N7O4.2ClH/c1-4-40-26(38)14-13-25(37)34-29(2,28(39)36-15-5-6-16-36)20-9-12-23-22(17-20)33-24(35(23)3)18-32-21-10-7-19(8-11-21)27(30)31;;/h7-12,17,32H,4-6,13-16,18H2,1-3H3,(H3,30,31)(H,34,37);2*1H. The Bertz CT molecular complexity index is 1420. The largest absolute Gasteiger partial charge is 0.466 e. The van der Waals surface area contributed by atoms with Crippen LogP contribution in [0.1, 0.15) is 56.5 Å². The summed E-state index contributed by atoms with van der Waals surface area (Å²) in [6.45, 7) is 5.41. The number of nitrogen functional groups attached to an aromatic ring is 1. The lowest BCUT2D eigenvalue weighted by molar-refractivity contribution is -0.145. The fourth-order valence-corrected chi connectivity index (χ4v) is 4.94. The fraction of sp³-hybridized carbons (Fsp3) is 0.414. The molecule has 1 atom stereocenters. The molecule has 4 rings (SSSR count). The number of fused-ring (bicyclic) bond motifs is 1. The van der Waals surface area contributed by atoms with Gasteiger partial charge in [0.1, 0.15) is 17.2 Å². The molecular weight excluding hydrogens is 581 g/mol. The Morgan fingerprint density at radius 2 is 1.74 bits per heavy atom. The summed E-state index contributed by atoms with van der Waals surface area (Å²) in [6, 6.07) is 12.9. The van der Waals surface area contributed by atoms with Gasteiger partial charge in [0.05, 0.1) is 30.6 Å². The van der Waals surface area contributed by atoms with E-state index in [1.54, 1.807) is 30.9 Å². The van der Waals surface area contributed by atoms with Crippen LogP contribution in [-0.2, 0) is 38.3 Å². The minimum atomic E-state index is -1.32. The Morgan fingerprint density at radius 1 is 1.07 bits per heavy atom. The van der Waals surface area contributed by atoms with Gasteiger partial charge in [-0.2, -0.15) is 0 Å². The number of ether oxygens (including phenoxy) is 1. The summed E-state index contributed by atoms with van der Waals surface area (Å²) in [7, 11) is 1.93. The molecule has 42 heavy (non-hydrogen) atoms. The third-order valence-corrected chi connectivity index (χ3v) is 7.27. The summed E-state index contributed by atoms with van der Waals surface area (Å²) in [4.78, 5) is 45.0. The van der Waals surface area contributed by atoms with Crippen molar-refractivity contribution in [2.45, 2.75) is 51.6 Å². The first-order valence-electron chi connectivity index (χ1n) is 13.5. The van der Waals surface area contributed by atoms with Crippen molar-refractivity contribution in [1.82, 2.24) is 19.8 Å². The van der Waals surface area contributed by atoms with Crippen LogP contribution in [0.2, 0.25) is 0 Å². The molecule has 2 aromatic carbocycles. The molecule has 1 aromatic heterocycles. The molecule has 1 unspecified atom stereocenters. The van der Waals surface area contributed by atoms with Crippen LogP contribution in [0.3, 0.4) is 0 Å². The Balaban J connectivity index is 0.00000308. The number of imidazole rings is 1. The molecule has 1 fully saturated rings. The highest BCUT2D eigenvalue weighted by Crippen LogP contribution is 2.29. The lowest BCUT2D eigenvalue weighted by Crippen LogP contribution is -2.55. The van der Waals surface area contributed by atoms with Gasteiger partial charge in [-0.25, -0.2) is 4.98 Å². The third-order valence-electron chi connectivity index (χ3n) is 7.27. The maximum absolute atomic E-state index is 13.7. The van der Waals surface area contributed by atoms with E-state index in [0.29, 0.717) is 36.3 Å². The van der Waals surface area contributed by atoms with Gasteiger partial charge in [0.2, 0.25) is 5.91 Å². The van der Waals surface area contributed by atoms with E-state index in [-0.39, 0.29) is 56.0 Å². The van der Waals surface area contributed by atoms with Crippen LogP contribution in [0, 0.1) is 5.41 Å². The number of nitrogens with two attached hydrogens (primary N) is 1. The van der Waals surface area contributed by atoms with Crippen LogP contribution in [-0.4, -0.2) is 57.8 Å². The number of benzene rings is 2. The second-order valence-corrected chi connectivity index (χ2v) is 10.1. The monoisotopic (exact) mass is 619 g/mol. The SMILES string of the molecule is CCOC(=O)CCC(=O)NC(C)(C(=O)N1CCCC1)c1ccc2c(c1)nc(CNc1ccc(C(=N)N)cc1)n2C.Cl.Cl. The number of nitrogens with one attached hydrogen (secondary N) is 3. The van der Waals surface area contributed by atoms with Crippen molar-refractivity contribution in [3.63, 3.8) is 0 Å². The quantitative estimate of drug-likeness (QED) is 0.145. The number of carbonyl (C=O) groups is 3. The maximum Gasteiger partial charge on any atom is 0.306 e. The molecule has 11 nitrogen and oxygen atoms in total. The minimum Gasteiger partial charge on any atom is -0.466 e. The first-order chi connectivity index (χ1) is 19.1. The maximum atomic E-state index is 13.7. The zero-order valence-corrected chi connectivity index (χ0v) is 25.7. The van der Waals surface area contributed by atoms with Crippen molar-refractivity contribution in [2.24, 2.45) is 12.8 Å². The topological polar surface area (TPSA) is 155 Å². The highest BCUT2D eigenvalue weighted by molar-refractivity contribution is 5.95. The summed E-state index contributed by atoms with van der Waals surface area (Å²) < 4.78 is 6.92. The van der Waals surface area contributed by atoms with Crippen molar-refractivity contribution < 1.29 is 19.1 Å². The summed E-state index contributed by atoms with van der Waals surface area (Å²) in [5.41, 5.74) is 7.95. The van der Waals surface area contributed by atoms with E-state index < -0.39 is 17.4 Å². The molecule has 2 amide bonds. The van der Waals surface area contributed by atoms with Gasteiger partial charge in [0.25, 0.3) is 5.91 Å². The van der Waals surface area contributed by atoms with E-state index in [4.69, 9.17) is 20.9 Å². The molecule has 0 bridgehead atoms. The normalized spacial score (nSPS) is 13.8. The zero-order chi connectivity index (χ0) is 28.9. The van der Waals surface area contributed by atoms with Gasteiger partial charge in [-0.15, -0.1) is 24.8 Å². The average molecular weight is 621 g/mol. The van der Waals surface area contributed by atoms with E-state index >= 15 is 0 Å². The van der Waals surface area contributed by atoms with Crippen molar-refractivity contribution in [3.05, 3.63) is 59.4 Å². The number of amides is 2. The summed E-state index contributed by atoms with van der Waals surface area (Å²) in [6.07, 6.45) is 1.72. The van der Waals surface area contributed by atoms with E-state index in [9.17, 15) is 14.4 Å². The predicted octanol–water partition coefficient (Wildman–Crippen LogP) is 3.61. The number of aromatic nitrogens is 2. The van der Waals surface area contributed by atoms with Crippen LogP contribution in [0.4, 0.5) is 5.69 Å². The molecule has 0 saturated carbocycles. The van der Waals surface area contributed by atoms with Gasteiger partial charge < -0.3 is 30.6 Å². The van der Waals surface area contributed by atoms with Crippen molar-refractivity contribution in [2.75, 3.05) is 25.0 Å². The molecule has 5 N–H and O–H groups in total. The van der Waals surface area contributed by atoms with Gasteiger partial charge in [0.15, 0.2) is 0 Å². The smallest absolute Gasteiger partial charge is 0.306 e. The van der Waals surface area contributed by atoms with Gasteiger partial charge in [0, 0.05) is 37.8 Å². The van der Waals surface area contributed by atoms with Gasteiger partial charge in [-0.1, -0.05) is 6.07 Å². The second-order valence-electron chi connectivity index (χ2n) is 10.1. The van der Waals surface area contributed by atoms with E-state index in [0.717, 1.165) is 29.9 Å². The Labute approximate surface area is 257 Å². The third kappa shape index (κ3) is 7.71. The Kier molecular flexibility index (Phi) is 12.2. The number of carbonyl (C=O) groups excluding carboxylic acids is 3. The molecule has 1 aliphatic rings. The summed E-state index contributed by atoms with van der Waals surface area (Å²) >= 11 is 0. The summed E-state index contributed by atoms with van der Waals surface area (Å²) in [5.74, 6) is -0.224. The lowest BCUT2D eigenvalue weighted by atomic mass is 9.89. The molecule has 0 spiro atoms. The van der Waals surface area contributed by atoms with Crippen LogP contribution in [0.5, 0.6) is 0 Å². The number of nitrogens with zero attached hydrogens (tertiary/aromatic N) is 3. The second kappa shape index (κ2) is 14.9. The summed E-state index contributed by atoms with van der Waals surface area (Å²) in [5, 5.41) is 13.8. The molecule has 1 saturated heterocycles. The molecule has 0 radical (unpaired) electrons. The first kappa shape index (κ1) is 34.4. The van der Waals surface area contributed by atoms with Crippen molar-refractivity contribution in [1.29, 1.82) is 5.41 Å². The van der Waals surface area contributed by atoms with Crippen molar-refractivity contribution in [3.8, 4) is 0 Å². The molecular formula is C29H39Cl2N7O4. The number of halogens is 2. The molecule has 1 aliphatic heterocycles. The van der Waals surface area contributed by atoms with E-state index in [1.807, 2.05) is 41.9 Å². The first-order valence-corrected chi connectivity index (χ1v) is 13.5. The molecule has 0 aliphatic carbocycles. The Hall–Kier alpha value is -3.83. The van der Waals surface area contributed by atoms with Crippen LogP contribution in [0.25, 0.3) is 11.0 Å². The van der Waals surface area contributed by atoms with Gasteiger partial charge >= 0.3 is 5.97 Å². The average Bonchev–Trinajstić information content (AvgIpc) is 3.59. The van der Waals surface area contributed by atoms with E-state index in [2.05, 4.69) is 10.6 Å². The number of esters is 1. The number of aryl methyl sites for hydroxylation is 1. The predicted molar refractivity (Wildman–Crippen MR) is 167 cm³/mol. The highest BCUT2D eigenvalue weighted by Gasteiger charge is 2.41. The molecule has 3 aromatic rings. The number of rotatable bonds is 11. The lowest BCUT2D eigenvalue weighted by Gasteiger charge is -2.34. The highest BCUT2D eigenvalue weighted by atomic mass is 35.5. The molecule has 2 heterocycles. The van der Waals surface area contributed by atoms with E-state index in [1.165, 1.54) is 0 Å². The fourth-order valence-electron chi connectivity index (χ4n) is 4.94. The number of hydrogen-bond donors (Lipinski definition) is 4. The number of anilines is 1. The van der Waals surface area contributed by atoms with Gasteiger partial charge in [-0.05, 0) is 68.7 Å². The van der Waals surface area contributed by atoms with Crippen LogP contribution < -0.4 is 16.4 Å². The minimum absolute atomic E-state index is 0. The van der Waals surface area contributed by atoms with Crippen molar-refractivity contribution >= 4 is 65.2 Å². The van der Waals surface area contributed by atoms with Crippen LogP contribution in [0.15, 0.2) is 42.5 Å². The zero-order valence-electron chi connectivity index (χ0n) is 24.1. The number of hydrogen-bond acceptors (Lipinski definition) is 7. The molecule has 13 heteroatoms. The van der Waals surface area contributed by atoms with Gasteiger partial charge in [-0.3, -0.25) is 19.8 Å². The number of likely N-dealkylation sites (tertiary alicyclic amines) is 1. The number of amidine groups is 1. The van der Waals surface area contributed by atoms with Crippen LogP contribution >= 0.6 is 24.8 Å². The Morgan fingerprint density at radius 3 is 2.36 bits per heavy atom.